The van der Waals surface area contributed by atoms with E-state index in [-0.39, 0.29) is 5.91 Å². The van der Waals surface area contributed by atoms with Crippen molar-refractivity contribution in [2.75, 3.05) is 32.6 Å². The number of aryl methyl sites for hydroxylation is 1. The molecule has 1 aromatic rings. The predicted molar refractivity (Wildman–Crippen MR) is 67.7 cm³/mol. The van der Waals surface area contributed by atoms with Crippen molar-refractivity contribution in [3.63, 3.8) is 0 Å². The standard InChI is InChI=1S/C11H19N5O/c1-8-6-9(7-10(14-8)15-12)11(17)13-4-5-16(2)3/h6-7H,4-5,12H2,1-3H3,(H,13,17)(H,14,15). The van der Waals surface area contributed by atoms with Crippen molar-refractivity contribution >= 4 is 11.7 Å². The molecule has 4 N–H and O–H groups in total. The second-order valence-electron chi connectivity index (χ2n) is 4.09. The molecule has 0 aliphatic carbocycles. The first-order chi connectivity index (χ1) is 8.02. The van der Waals surface area contributed by atoms with E-state index in [0.29, 0.717) is 17.9 Å². The molecule has 1 rings (SSSR count). The molecule has 0 fully saturated rings. The Labute approximate surface area is 101 Å². The van der Waals surface area contributed by atoms with Gasteiger partial charge in [-0.05, 0) is 33.2 Å². The van der Waals surface area contributed by atoms with Crippen LogP contribution >= 0.6 is 0 Å². The minimum Gasteiger partial charge on any atom is -0.351 e. The fourth-order valence-electron chi connectivity index (χ4n) is 1.37. The number of nitrogen functional groups attached to an aromatic ring is 1. The first-order valence-corrected chi connectivity index (χ1v) is 5.41. The van der Waals surface area contributed by atoms with E-state index in [0.717, 1.165) is 12.2 Å². The Morgan fingerprint density at radius 1 is 1.47 bits per heavy atom. The number of amides is 1. The van der Waals surface area contributed by atoms with Gasteiger partial charge in [-0.25, -0.2) is 10.8 Å². The minimum absolute atomic E-state index is 0.117. The molecule has 0 aliphatic heterocycles. The largest absolute Gasteiger partial charge is 0.351 e. The Morgan fingerprint density at radius 3 is 2.76 bits per heavy atom. The number of likely N-dealkylation sites (N-methyl/N-ethyl adjacent to an activating group) is 1. The zero-order valence-corrected chi connectivity index (χ0v) is 10.4. The zero-order chi connectivity index (χ0) is 12.8. The molecule has 6 heteroatoms. The van der Waals surface area contributed by atoms with E-state index < -0.39 is 0 Å². The van der Waals surface area contributed by atoms with Crippen molar-refractivity contribution < 1.29 is 4.79 Å². The van der Waals surface area contributed by atoms with Gasteiger partial charge in [0.2, 0.25) is 0 Å². The molecule has 0 bridgehead atoms. The molecule has 1 amide bonds. The highest BCUT2D eigenvalue weighted by molar-refractivity contribution is 5.94. The summed E-state index contributed by atoms with van der Waals surface area (Å²) in [5.41, 5.74) is 3.75. The van der Waals surface area contributed by atoms with Crippen molar-refractivity contribution in [2.24, 2.45) is 5.84 Å². The highest BCUT2D eigenvalue weighted by atomic mass is 16.1. The van der Waals surface area contributed by atoms with Crippen molar-refractivity contribution in [3.8, 4) is 0 Å². The van der Waals surface area contributed by atoms with Gasteiger partial charge in [-0.1, -0.05) is 0 Å². The number of aromatic nitrogens is 1. The second kappa shape index (κ2) is 6.17. The van der Waals surface area contributed by atoms with Crippen molar-refractivity contribution in [1.82, 2.24) is 15.2 Å². The SMILES string of the molecule is Cc1cc(C(=O)NCCN(C)C)cc(NN)n1. The van der Waals surface area contributed by atoms with E-state index in [9.17, 15) is 4.79 Å². The summed E-state index contributed by atoms with van der Waals surface area (Å²) in [6.07, 6.45) is 0. The molecule has 0 saturated carbocycles. The van der Waals surface area contributed by atoms with Gasteiger partial charge in [-0.2, -0.15) is 0 Å². The minimum atomic E-state index is -0.117. The number of anilines is 1. The topological polar surface area (TPSA) is 83.3 Å². The van der Waals surface area contributed by atoms with Crippen LogP contribution in [0.15, 0.2) is 12.1 Å². The van der Waals surface area contributed by atoms with Crippen LogP contribution in [0.1, 0.15) is 16.1 Å². The van der Waals surface area contributed by atoms with Crippen molar-refractivity contribution in [3.05, 3.63) is 23.4 Å². The first kappa shape index (κ1) is 13.4. The van der Waals surface area contributed by atoms with Crippen molar-refractivity contribution in [2.45, 2.75) is 6.92 Å². The molecule has 0 atom stereocenters. The highest BCUT2D eigenvalue weighted by Crippen LogP contribution is 2.08. The van der Waals surface area contributed by atoms with Crippen LogP contribution in [0.3, 0.4) is 0 Å². The smallest absolute Gasteiger partial charge is 0.251 e. The quantitative estimate of drug-likeness (QED) is 0.494. The normalized spacial score (nSPS) is 10.4. The third-order valence-corrected chi connectivity index (χ3v) is 2.21. The summed E-state index contributed by atoms with van der Waals surface area (Å²) < 4.78 is 0. The molecule has 1 aromatic heterocycles. The van der Waals surface area contributed by atoms with Gasteiger partial charge in [0.1, 0.15) is 5.82 Å². The number of nitrogens with zero attached hydrogens (tertiary/aromatic N) is 2. The van der Waals surface area contributed by atoms with E-state index in [1.807, 2.05) is 25.9 Å². The molecule has 0 aliphatic rings. The summed E-state index contributed by atoms with van der Waals surface area (Å²) in [5.74, 6) is 5.65. The van der Waals surface area contributed by atoms with Gasteiger partial charge >= 0.3 is 0 Å². The fourth-order valence-corrected chi connectivity index (χ4v) is 1.37. The van der Waals surface area contributed by atoms with E-state index in [2.05, 4.69) is 15.7 Å². The van der Waals surface area contributed by atoms with Crippen LogP contribution in [0.5, 0.6) is 0 Å². The Balaban J connectivity index is 2.65. The second-order valence-corrected chi connectivity index (χ2v) is 4.09. The van der Waals surface area contributed by atoms with Crippen LogP contribution in [0.2, 0.25) is 0 Å². The monoisotopic (exact) mass is 237 g/mol. The summed E-state index contributed by atoms with van der Waals surface area (Å²) in [4.78, 5) is 17.9. The van der Waals surface area contributed by atoms with Gasteiger partial charge in [0.25, 0.3) is 5.91 Å². The lowest BCUT2D eigenvalue weighted by molar-refractivity contribution is 0.0951. The van der Waals surface area contributed by atoms with Crippen LogP contribution in [-0.2, 0) is 0 Å². The van der Waals surface area contributed by atoms with Crippen LogP contribution in [0.25, 0.3) is 0 Å². The van der Waals surface area contributed by atoms with E-state index in [1.165, 1.54) is 0 Å². The van der Waals surface area contributed by atoms with E-state index in [1.54, 1.807) is 12.1 Å². The Kier molecular flexibility index (Phi) is 4.86. The number of carbonyl (C=O) groups is 1. The molecule has 0 radical (unpaired) electrons. The summed E-state index contributed by atoms with van der Waals surface area (Å²) >= 11 is 0. The maximum Gasteiger partial charge on any atom is 0.251 e. The van der Waals surface area contributed by atoms with E-state index in [4.69, 9.17) is 5.84 Å². The maximum atomic E-state index is 11.8. The molecule has 0 aromatic carbocycles. The van der Waals surface area contributed by atoms with E-state index >= 15 is 0 Å². The van der Waals surface area contributed by atoms with Gasteiger partial charge in [0.15, 0.2) is 0 Å². The predicted octanol–water partition coefficient (Wildman–Crippen LogP) is -0.0330. The summed E-state index contributed by atoms with van der Waals surface area (Å²) in [6.45, 7) is 3.23. The van der Waals surface area contributed by atoms with Crippen LogP contribution in [0, 0.1) is 6.92 Å². The van der Waals surface area contributed by atoms with Gasteiger partial charge in [0.05, 0.1) is 0 Å². The molecular formula is C11H19N5O. The zero-order valence-electron chi connectivity index (χ0n) is 10.4. The lowest BCUT2D eigenvalue weighted by Crippen LogP contribution is -2.31. The number of hydrogen-bond donors (Lipinski definition) is 3. The van der Waals surface area contributed by atoms with Gasteiger partial charge in [0, 0.05) is 24.3 Å². The third-order valence-electron chi connectivity index (χ3n) is 2.21. The average Bonchev–Trinajstić information content (AvgIpc) is 2.27. The molecule has 6 nitrogen and oxygen atoms in total. The number of nitrogens with one attached hydrogen (secondary N) is 2. The number of hydrogen-bond acceptors (Lipinski definition) is 5. The molecule has 0 spiro atoms. The molecule has 1 heterocycles. The third kappa shape index (κ3) is 4.38. The number of hydrazine groups is 1. The number of pyridine rings is 1. The molecule has 94 valence electrons. The number of nitrogens with two attached hydrogens (primary N) is 1. The van der Waals surface area contributed by atoms with Gasteiger partial charge in [-0.15, -0.1) is 0 Å². The maximum absolute atomic E-state index is 11.8. The molecule has 0 saturated heterocycles. The van der Waals surface area contributed by atoms with Crippen molar-refractivity contribution in [1.29, 1.82) is 0 Å². The Morgan fingerprint density at radius 2 is 2.18 bits per heavy atom. The van der Waals surface area contributed by atoms with Crippen LogP contribution in [-0.4, -0.2) is 43.0 Å². The highest BCUT2D eigenvalue weighted by Gasteiger charge is 2.07. The van der Waals surface area contributed by atoms with Crippen LogP contribution < -0.4 is 16.6 Å². The molecule has 0 unspecified atom stereocenters. The summed E-state index contributed by atoms with van der Waals surface area (Å²) in [6, 6.07) is 3.35. The number of carbonyl (C=O) groups excluding carboxylic acids is 1. The van der Waals surface area contributed by atoms with Gasteiger partial charge in [-0.3, -0.25) is 4.79 Å². The Bertz CT molecular complexity index is 391. The Hall–Kier alpha value is -1.66. The first-order valence-electron chi connectivity index (χ1n) is 5.41. The molecular weight excluding hydrogens is 218 g/mol. The lowest BCUT2D eigenvalue weighted by Gasteiger charge is -2.11. The lowest BCUT2D eigenvalue weighted by atomic mass is 10.2. The summed E-state index contributed by atoms with van der Waals surface area (Å²) in [7, 11) is 3.92. The summed E-state index contributed by atoms with van der Waals surface area (Å²) in [5, 5.41) is 2.83. The van der Waals surface area contributed by atoms with Crippen LogP contribution in [0.4, 0.5) is 5.82 Å². The fraction of sp³-hybridized carbons (Fsp3) is 0.455. The number of rotatable bonds is 5. The van der Waals surface area contributed by atoms with Gasteiger partial charge < -0.3 is 15.6 Å². The average molecular weight is 237 g/mol. The molecule has 17 heavy (non-hydrogen) atoms.